The van der Waals surface area contributed by atoms with Gasteiger partial charge in [0.2, 0.25) is 5.91 Å². The summed E-state index contributed by atoms with van der Waals surface area (Å²) in [6.07, 6.45) is 8.10. The van der Waals surface area contributed by atoms with Crippen molar-refractivity contribution in [1.29, 1.82) is 0 Å². The van der Waals surface area contributed by atoms with E-state index in [1.807, 2.05) is 86.1 Å². The lowest BCUT2D eigenvalue weighted by molar-refractivity contribution is -0.116. The van der Waals surface area contributed by atoms with Crippen molar-refractivity contribution in [2.45, 2.75) is 19.4 Å². The minimum absolute atomic E-state index is 0.0863. The molecule has 1 unspecified atom stereocenters. The highest BCUT2D eigenvalue weighted by Gasteiger charge is 2.43. The number of ether oxygens (including phenoxy) is 2. The fourth-order valence-corrected chi connectivity index (χ4v) is 5.85. The van der Waals surface area contributed by atoms with Crippen LogP contribution in [0.5, 0.6) is 17.2 Å². The van der Waals surface area contributed by atoms with Gasteiger partial charge in [-0.1, -0.05) is 6.08 Å². The molecule has 236 valence electrons. The van der Waals surface area contributed by atoms with Crippen molar-refractivity contribution < 1.29 is 14.3 Å². The molecule has 3 heterocycles. The van der Waals surface area contributed by atoms with Crippen LogP contribution in [0.1, 0.15) is 12.0 Å². The zero-order valence-corrected chi connectivity index (χ0v) is 26.5. The number of imidazole rings is 1. The first-order valence-electron chi connectivity index (χ1n) is 15.6. The van der Waals surface area contributed by atoms with Crippen LogP contribution in [0.3, 0.4) is 0 Å². The van der Waals surface area contributed by atoms with Crippen molar-refractivity contribution in [1.82, 2.24) is 29.7 Å². The topological polar surface area (TPSA) is 110 Å². The summed E-state index contributed by atoms with van der Waals surface area (Å²) in [6, 6.07) is 16.0. The third-order valence-corrected chi connectivity index (χ3v) is 8.43. The van der Waals surface area contributed by atoms with E-state index < -0.39 is 0 Å². The Bertz CT molecular complexity index is 1950. The van der Waals surface area contributed by atoms with Gasteiger partial charge in [-0.25, -0.2) is 15.0 Å². The van der Waals surface area contributed by atoms with E-state index in [1.54, 1.807) is 18.7 Å². The molecule has 0 bridgehead atoms. The lowest BCUT2D eigenvalue weighted by Crippen LogP contribution is -2.35. The Hall–Kier alpha value is -5.16. The number of nitrogens with zero attached hydrogens (tertiary/aromatic N) is 6. The molecule has 46 heavy (non-hydrogen) atoms. The molecule has 1 saturated carbocycles. The first-order chi connectivity index (χ1) is 22.3. The molecule has 0 radical (unpaired) electrons. The molecule has 1 amide bonds. The van der Waals surface area contributed by atoms with Crippen LogP contribution >= 0.6 is 0 Å². The predicted molar refractivity (Wildman–Crippen MR) is 180 cm³/mol. The van der Waals surface area contributed by atoms with Crippen molar-refractivity contribution in [3.05, 3.63) is 78.9 Å². The Morgan fingerprint density at radius 3 is 2.85 bits per heavy atom. The van der Waals surface area contributed by atoms with Gasteiger partial charge in [0.15, 0.2) is 0 Å². The van der Waals surface area contributed by atoms with Gasteiger partial charge >= 0.3 is 0 Å². The van der Waals surface area contributed by atoms with Crippen molar-refractivity contribution in [2.24, 2.45) is 13.0 Å². The SMILES string of the molecule is Cc1cc(Nc2ncnc3cc4c(cc23)N(CCNC(=O)/C=C/CN(C)C)C[C@@H]2CC2O4)ccc1Oc1ccc2c(c1)ncn2C. The molecule has 2 N–H and O–H groups in total. The molecular weight excluding hydrogens is 580 g/mol. The molecule has 11 heteroatoms. The summed E-state index contributed by atoms with van der Waals surface area (Å²) < 4.78 is 14.6. The molecule has 5 aromatic rings. The average Bonchev–Trinajstić information content (AvgIpc) is 3.68. The zero-order chi connectivity index (χ0) is 31.8. The van der Waals surface area contributed by atoms with Gasteiger partial charge in [-0.05, 0) is 69.4 Å². The second-order valence-corrected chi connectivity index (χ2v) is 12.3. The van der Waals surface area contributed by atoms with E-state index >= 15 is 0 Å². The molecule has 11 nitrogen and oxygen atoms in total. The summed E-state index contributed by atoms with van der Waals surface area (Å²) in [4.78, 5) is 30.3. The number of likely N-dealkylation sites (N-methyl/N-ethyl adjacent to an activating group) is 1. The van der Waals surface area contributed by atoms with Crippen LogP contribution in [0.25, 0.3) is 21.9 Å². The number of hydrogen-bond acceptors (Lipinski definition) is 9. The van der Waals surface area contributed by atoms with Gasteiger partial charge < -0.3 is 34.5 Å². The summed E-state index contributed by atoms with van der Waals surface area (Å²) >= 11 is 0. The van der Waals surface area contributed by atoms with Crippen molar-refractivity contribution >= 4 is 45.0 Å². The van der Waals surface area contributed by atoms with Gasteiger partial charge in [0.25, 0.3) is 0 Å². The minimum Gasteiger partial charge on any atom is -0.488 e. The fourth-order valence-electron chi connectivity index (χ4n) is 5.85. The largest absolute Gasteiger partial charge is 0.488 e. The number of nitrogens with one attached hydrogen (secondary N) is 2. The van der Waals surface area contributed by atoms with Crippen LogP contribution in [-0.4, -0.2) is 76.7 Å². The smallest absolute Gasteiger partial charge is 0.243 e. The summed E-state index contributed by atoms with van der Waals surface area (Å²) in [5.74, 6) is 3.42. The molecule has 1 fully saturated rings. The predicted octanol–water partition coefficient (Wildman–Crippen LogP) is 5.18. The molecule has 2 atom stereocenters. The Kier molecular flexibility index (Phi) is 7.91. The van der Waals surface area contributed by atoms with Gasteiger partial charge in [-0.15, -0.1) is 0 Å². The van der Waals surface area contributed by atoms with E-state index in [1.165, 1.54) is 0 Å². The number of fused-ring (bicyclic) bond motifs is 4. The third kappa shape index (κ3) is 6.32. The number of carbonyl (C=O) groups is 1. The summed E-state index contributed by atoms with van der Waals surface area (Å²) in [5, 5.41) is 7.41. The van der Waals surface area contributed by atoms with Crippen LogP contribution in [0, 0.1) is 12.8 Å². The Balaban J connectivity index is 1.09. The number of carbonyl (C=O) groups excluding carboxylic acids is 1. The number of benzene rings is 3. The highest BCUT2D eigenvalue weighted by Crippen LogP contribution is 2.45. The number of rotatable bonds is 10. The number of amides is 1. The van der Waals surface area contributed by atoms with Gasteiger partial charge in [0.1, 0.15) is 35.5 Å². The molecule has 0 saturated heterocycles. The van der Waals surface area contributed by atoms with Crippen LogP contribution in [-0.2, 0) is 11.8 Å². The number of aryl methyl sites for hydroxylation is 2. The summed E-state index contributed by atoms with van der Waals surface area (Å²) in [5.41, 5.74) is 5.61. The second-order valence-electron chi connectivity index (χ2n) is 12.3. The van der Waals surface area contributed by atoms with Crippen LogP contribution in [0.4, 0.5) is 17.2 Å². The molecule has 2 aliphatic rings. The maximum atomic E-state index is 12.3. The molecular formula is C35H38N8O3. The van der Waals surface area contributed by atoms with Crippen molar-refractivity contribution in [3.8, 4) is 17.2 Å². The molecule has 7 rings (SSSR count). The quantitative estimate of drug-likeness (QED) is 0.205. The zero-order valence-electron chi connectivity index (χ0n) is 26.5. The number of hydrogen-bond donors (Lipinski definition) is 2. The number of anilines is 3. The van der Waals surface area contributed by atoms with Crippen LogP contribution in [0.15, 0.2) is 73.3 Å². The van der Waals surface area contributed by atoms with E-state index in [2.05, 4.69) is 36.6 Å². The van der Waals surface area contributed by atoms with E-state index in [4.69, 9.17) is 9.47 Å². The lowest BCUT2D eigenvalue weighted by atomic mass is 10.1. The monoisotopic (exact) mass is 618 g/mol. The molecule has 3 aromatic carbocycles. The van der Waals surface area contributed by atoms with Gasteiger partial charge in [0, 0.05) is 68.4 Å². The Morgan fingerprint density at radius 1 is 1.11 bits per heavy atom. The highest BCUT2D eigenvalue weighted by molar-refractivity contribution is 5.95. The molecule has 1 aliphatic heterocycles. The van der Waals surface area contributed by atoms with E-state index in [9.17, 15) is 4.79 Å². The van der Waals surface area contributed by atoms with Crippen molar-refractivity contribution in [2.75, 3.05) is 50.5 Å². The molecule has 0 spiro atoms. The lowest BCUT2D eigenvalue weighted by Gasteiger charge is -2.25. The van der Waals surface area contributed by atoms with E-state index in [0.717, 1.165) is 75.6 Å². The van der Waals surface area contributed by atoms with E-state index in [0.29, 0.717) is 24.8 Å². The summed E-state index contributed by atoms with van der Waals surface area (Å²) in [7, 11) is 5.92. The maximum Gasteiger partial charge on any atom is 0.243 e. The van der Waals surface area contributed by atoms with Gasteiger partial charge in [0.05, 0.1) is 28.6 Å². The third-order valence-electron chi connectivity index (χ3n) is 8.43. The molecule has 2 aromatic heterocycles. The normalized spacial score (nSPS) is 17.1. The van der Waals surface area contributed by atoms with E-state index in [-0.39, 0.29) is 12.0 Å². The standard InChI is InChI=1S/C35H38N8O3/c1-22-14-24(7-10-31(22)45-25-8-9-29-28(16-25)39-21-42(29)4)40-35-26-17-30-33(18-27(26)37-20-38-35)46-32-15-23(32)19-43(30)13-11-36-34(44)6-5-12-41(2)3/h5-10,14,16-18,20-21,23,32H,11-13,15,19H2,1-4H3,(H,36,44)(H,37,38,40)/b6-5+/t23-,32?/m0/s1. The first-order valence-corrected chi connectivity index (χ1v) is 15.6. The highest BCUT2D eigenvalue weighted by atomic mass is 16.5. The van der Waals surface area contributed by atoms with Gasteiger partial charge in [-0.3, -0.25) is 4.79 Å². The van der Waals surface area contributed by atoms with Crippen molar-refractivity contribution in [3.63, 3.8) is 0 Å². The second kappa shape index (κ2) is 12.3. The minimum atomic E-state index is -0.0863. The van der Waals surface area contributed by atoms with Crippen LogP contribution in [0.2, 0.25) is 0 Å². The molecule has 1 aliphatic carbocycles. The Morgan fingerprint density at radius 2 is 2.00 bits per heavy atom. The first kappa shape index (κ1) is 29.5. The number of aromatic nitrogens is 4. The Labute approximate surface area is 267 Å². The maximum absolute atomic E-state index is 12.3. The average molecular weight is 619 g/mol. The fraction of sp³-hybridized carbons (Fsp3) is 0.314. The van der Waals surface area contributed by atoms with Gasteiger partial charge in [-0.2, -0.15) is 0 Å². The van der Waals surface area contributed by atoms with Crippen LogP contribution < -0.4 is 25.0 Å². The summed E-state index contributed by atoms with van der Waals surface area (Å²) in [6.45, 7) is 4.82.